The van der Waals surface area contributed by atoms with Crippen LogP contribution in [0.25, 0.3) is 0 Å². The first-order chi connectivity index (χ1) is 10.3. The Morgan fingerprint density at radius 2 is 1.91 bits per heavy atom. The zero-order chi connectivity index (χ0) is 16.3. The van der Waals surface area contributed by atoms with Crippen molar-refractivity contribution in [2.75, 3.05) is 5.32 Å². The van der Waals surface area contributed by atoms with Gasteiger partial charge in [0.2, 0.25) is 5.91 Å². The lowest BCUT2D eigenvalue weighted by Crippen LogP contribution is -2.13. The van der Waals surface area contributed by atoms with Crippen LogP contribution in [0.1, 0.15) is 52.4 Å². The molecule has 0 bridgehead atoms. The molecule has 1 aromatic carbocycles. The molecule has 1 atom stereocenters. The van der Waals surface area contributed by atoms with Gasteiger partial charge in [-0.2, -0.15) is 4.98 Å². The van der Waals surface area contributed by atoms with E-state index < -0.39 is 0 Å². The van der Waals surface area contributed by atoms with Crippen LogP contribution < -0.4 is 10.1 Å². The molecule has 6 nitrogen and oxygen atoms in total. The topological polar surface area (TPSA) is 77.2 Å². The van der Waals surface area contributed by atoms with E-state index >= 15 is 0 Å². The Morgan fingerprint density at radius 1 is 1.27 bits per heavy atom. The second kappa shape index (κ2) is 6.17. The first-order valence-corrected chi connectivity index (χ1v) is 7.14. The highest BCUT2D eigenvalue weighted by molar-refractivity contribution is 5.88. The van der Waals surface area contributed by atoms with E-state index in [1.54, 1.807) is 24.3 Å². The van der Waals surface area contributed by atoms with Crippen LogP contribution >= 0.6 is 0 Å². The molecule has 1 heterocycles. The number of benzene rings is 1. The number of hydrogen-bond acceptors (Lipinski definition) is 5. The number of nitrogens with zero attached hydrogens (tertiary/aromatic N) is 2. The summed E-state index contributed by atoms with van der Waals surface area (Å²) in [4.78, 5) is 15.3. The van der Waals surface area contributed by atoms with E-state index in [0.29, 0.717) is 17.5 Å². The minimum atomic E-state index is -0.352. The monoisotopic (exact) mass is 303 g/mol. The molecule has 1 amide bonds. The lowest BCUT2D eigenvalue weighted by molar-refractivity contribution is -0.114. The van der Waals surface area contributed by atoms with Crippen LogP contribution in [0.2, 0.25) is 0 Å². The summed E-state index contributed by atoms with van der Waals surface area (Å²) in [6.07, 6.45) is -0.352. The van der Waals surface area contributed by atoms with Crippen molar-refractivity contribution in [1.29, 1.82) is 0 Å². The van der Waals surface area contributed by atoms with Crippen LogP contribution in [0, 0.1) is 0 Å². The predicted molar refractivity (Wildman–Crippen MR) is 82.8 cm³/mol. The van der Waals surface area contributed by atoms with Crippen LogP contribution in [-0.2, 0) is 10.2 Å². The fraction of sp³-hybridized carbons (Fsp3) is 0.438. The van der Waals surface area contributed by atoms with Gasteiger partial charge in [-0.3, -0.25) is 4.79 Å². The first kappa shape index (κ1) is 16.0. The number of rotatable bonds is 4. The summed E-state index contributed by atoms with van der Waals surface area (Å²) in [5, 5.41) is 6.68. The van der Waals surface area contributed by atoms with Crippen molar-refractivity contribution >= 4 is 11.6 Å². The summed E-state index contributed by atoms with van der Waals surface area (Å²) < 4.78 is 11.0. The smallest absolute Gasteiger partial charge is 0.267 e. The van der Waals surface area contributed by atoms with E-state index in [-0.39, 0.29) is 17.4 Å². The summed E-state index contributed by atoms with van der Waals surface area (Å²) in [5.41, 5.74) is 0.557. The van der Waals surface area contributed by atoms with E-state index in [2.05, 4.69) is 15.5 Å². The predicted octanol–water partition coefficient (Wildman–Crippen LogP) is 3.47. The molecule has 22 heavy (non-hydrogen) atoms. The number of aromatic nitrogens is 2. The third-order valence-corrected chi connectivity index (χ3v) is 2.95. The summed E-state index contributed by atoms with van der Waals surface area (Å²) in [6, 6.07) is 7.11. The fourth-order valence-electron chi connectivity index (χ4n) is 1.78. The van der Waals surface area contributed by atoms with Crippen molar-refractivity contribution in [1.82, 2.24) is 10.1 Å². The van der Waals surface area contributed by atoms with E-state index in [1.165, 1.54) is 6.92 Å². The summed E-state index contributed by atoms with van der Waals surface area (Å²) >= 11 is 0. The Morgan fingerprint density at radius 3 is 2.41 bits per heavy atom. The zero-order valence-corrected chi connectivity index (χ0v) is 13.5. The molecule has 1 aromatic heterocycles. The Balaban J connectivity index is 2.04. The van der Waals surface area contributed by atoms with Gasteiger partial charge in [-0.1, -0.05) is 25.9 Å². The van der Waals surface area contributed by atoms with Crippen molar-refractivity contribution in [2.24, 2.45) is 0 Å². The van der Waals surface area contributed by atoms with Crippen molar-refractivity contribution in [3.8, 4) is 5.75 Å². The van der Waals surface area contributed by atoms with Gasteiger partial charge in [0.15, 0.2) is 11.9 Å². The van der Waals surface area contributed by atoms with Gasteiger partial charge in [0, 0.05) is 18.0 Å². The molecule has 0 saturated carbocycles. The summed E-state index contributed by atoms with van der Waals surface area (Å²) in [6.45, 7) is 9.38. The Kier molecular flexibility index (Phi) is 4.49. The number of amides is 1. The number of anilines is 1. The summed E-state index contributed by atoms with van der Waals surface area (Å²) in [5.74, 6) is 1.65. The molecular formula is C16H21N3O3. The van der Waals surface area contributed by atoms with E-state index in [1.807, 2.05) is 27.7 Å². The zero-order valence-electron chi connectivity index (χ0n) is 13.5. The second-order valence-corrected chi connectivity index (χ2v) is 6.17. The molecule has 2 rings (SSSR count). The van der Waals surface area contributed by atoms with Gasteiger partial charge in [0.1, 0.15) is 5.75 Å². The minimum Gasteiger partial charge on any atom is -0.481 e. The second-order valence-electron chi connectivity index (χ2n) is 6.17. The number of carbonyl (C=O) groups excluding carboxylic acids is 1. The lowest BCUT2D eigenvalue weighted by Gasteiger charge is -2.12. The molecule has 1 N–H and O–H groups in total. The molecular weight excluding hydrogens is 282 g/mol. The highest BCUT2D eigenvalue weighted by Crippen LogP contribution is 2.25. The van der Waals surface area contributed by atoms with Crippen molar-refractivity contribution < 1.29 is 14.1 Å². The van der Waals surface area contributed by atoms with E-state index in [9.17, 15) is 4.79 Å². The molecule has 0 aliphatic carbocycles. The maximum Gasteiger partial charge on any atom is 0.267 e. The molecule has 0 aliphatic heterocycles. The van der Waals surface area contributed by atoms with Crippen LogP contribution in [0.3, 0.4) is 0 Å². The largest absolute Gasteiger partial charge is 0.481 e. The molecule has 2 aromatic rings. The third-order valence-electron chi connectivity index (χ3n) is 2.95. The lowest BCUT2D eigenvalue weighted by atomic mass is 9.96. The van der Waals surface area contributed by atoms with E-state index in [0.717, 1.165) is 5.69 Å². The highest BCUT2D eigenvalue weighted by atomic mass is 16.5. The van der Waals surface area contributed by atoms with Crippen LogP contribution in [-0.4, -0.2) is 16.0 Å². The van der Waals surface area contributed by atoms with Gasteiger partial charge in [-0.25, -0.2) is 0 Å². The minimum absolute atomic E-state index is 0.109. The third kappa shape index (κ3) is 4.07. The van der Waals surface area contributed by atoms with Crippen molar-refractivity contribution in [3.05, 3.63) is 36.0 Å². The summed E-state index contributed by atoms with van der Waals surface area (Å²) in [7, 11) is 0. The average molecular weight is 303 g/mol. The van der Waals surface area contributed by atoms with Crippen molar-refractivity contribution in [2.45, 2.75) is 46.1 Å². The van der Waals surface area contributed by atoms with Gasteiger partial charge in [-0.05, 0) is 31.2 Å². The molecule has 0 saturated heterocycles. The Labute approximate surface area is 129 Å². The SMILES string of the molecule is CC(=O)Nc1ccc(O[C@H](C)c2nc(C(C)(C)C)no2)cc1. The quantitative estimate of drug-likeness (QED) is 0.935. The molecule has 0 unspecified atom stereocenters. The first-order valence-electron chi connectivity index (χ1n) is 7.14. The maximum absolute atomic E-state index is 11.0. The van der Waals surface area contributed by atoms with Gasteiger partial charge in [-0.15, -0.1) is 0 Å². The van der Waals surface area contributed by atoms with Gasteiger partial charge in [0.25, 0.3) is 5.89 Å². The molecule has 0 radical (unpaired) electrons. The van der Waals surface area contributed by atoms with Crippen molar-refractivity contribution in [3.63, 3.8) is 0 Å². The molecule has 0 fully saturated rings. The fourth-order valence-corrected chi connectivity index (χ4v) is 1.78. The number of carbonyl (C=O) groups is 1. The van der Waals surface area contributed by atoms with Gasteiger partial charge in [0.05, 0.1) is 0 Å². The standard InChI is InChI=1S/C16H21N3O3/c1-10(14-18-15(19-22-14)16(3,4)5)21-13-8-6-12(7-9-13)17-11(2)20/h6-10H,1-5H3,(H,17,20)/t10-/m1/s1. The van der Waals surface area contributed by atoms with Crippen LogP contribution in [0.4, 0.5) is 5.69 Å². The maximum atomic E-state index is 11.0. The molecule has 118 valence electrons. The molecule has 0 aliphatic rings. The molecule has 6 heteroatoms. The van der Waals surface area contributed by atoms with Gasteiger partial charge >= 0.3 is 0 Å². The van der Waals surface area contributed by atoms with Crippen LogP contribution in [0.5, 0.6) is 5.75 Å². The number of ether oxygens (including phenoxy) is 1. The Hall–Kier alpha value is -2.37. The number of hydrogen-bond donors (Lipinski definition) is 1. The molecule has 0 spiro atoms. The number of nitrogens with one attached hydrogen (secondary N) is 1. The normalized spacial score (nSPS) is 12.8. The Bertz CT molecular complexity index is 641. The highest BCUT2D eigenvalue weighted by Gasteiger charge is 2.23. The van der Waals surface area contributed by atoms with Gasteiger partial charge < -0.3 is 14.6 Å². The average Bonchev–Trinajstić information content (AvgIpc) is 2.90. The van der Waals surface area contributed by atoms with Crippen LogP contribution in [0.15, 0.2) is 28.8 Å². The van der Waals surface area contributed by atoms with E-state index in [4.69, 9.17) is 9.26 Å².